The van der Waals surface area contributed by atoms with Gasteiger partial charge in [0, 0.05) is 11.4 Å². The first-order valence-corrected chi connectivity index (χ1v) is 4.57. The molecule has 0 radical (unpaired) electrons. The number of hydrogen-bond acceptors (Lipinski definition) is 1. The van der Waals surface area contributed by atoms with E-state index in [0.29, 0.717) is 10.6 Å². The van der Waals surface area contributed by atoms with Crippen molar-refractivity contribution in [1.82, 2.24) is 0 Å². The Hall–Kier alpha value is -1.03. The first kappa shape index (κ1) is 12.0. The van der Waals surface area contributed by atoms with Gasteiger partial charge in [0.05, 0.1) is 0 Å². The Morgan fingerprint density at radius 3 is 2.53 bits per heavy atom. The largest absolute Gasteiger partial charge is 0.395 e. The second-order valence-electron chi connectivity index (χ2n) is 3.14. The molecule has 0 fully saturated rings. The third-order valence-corrected chi connectivity index (χ3v) is 1.92. The normalized spacial score (nSPS) is 11.5. The summed E-state index contributed by atoms with van der Waals surface area (Å²) in [5.74, 6) is -0.857. The minimum atomic E-state index is -4.43. The summed E-state index contributed by atoms with van der Waals surface area (Å²) in [5, 5.41) is 0.410. The first-order chi connectivity index (χ1) is 6.87. The molecule has 0 aliphatic carbocycles. The maximum absolute atomic E-state index is 11.8. The Morgan fingerprint density at radius 2 is 2.00 bits per heavy atom. The van der Waals surface area contributed by atoms with Gasteiger partial charge in [-0.15, -0.1) is 0 Å². The van der Waals surface area contributed by atoms with Gasteiger partial charge in [-0.25, -0.2) is 0 Å². The summed E-state index contributed by atoms with van der Waals surface area (Å²) >= 11 is 5.63. The van der Waals surface area contributed by atoms with E-state index in [-0.39, 0.29) is 6.42 Å². The van der Waals surface area contributed by atoms with Crippen LogP contribution < -0.4 is 0 Å². The molecular weight excluding hydrogens is 229 g/mol. The average Bonchev–Trinajstić information content (AvgIpc) is 1.99. The highest BCUT2D eigenvalue weighted by Crippen LogP contribution is 2.21. The second-order valence-corrected chi connectivity index (χ2v) is 3.57. The SMILES string of the molecule is O=C(Cc1cccc(Cl)c1)CC(F)(F)F. The molecular formula is C10H8ClF3O. The van der Waals surface area contributed by atoms with E-state index in [1.807, 2.05) is 0 Å². The molecule has 1 nitrogen and oxygen atoms in total. The lowest BCUT2D eigenvalue weighted by atomic mass is 10.1. The number of halogens is 4. The molecule has 1 aromatic rings. The zero-order valence-corrected chi connectivity index (χ0v) is 8.40. The fraction of sp³-hybridized carbons (Fsp3) is 0.300. The van der Waals surface area contributed by atoms with Crippen LogP contribution in [0, 0.1) is 0 Å². The Balaban J connectivity index is 2.59. The number of ketones is 1. The van der Waals surface area contributed by atoms with Crippen molar-refractivity contribution in [2.45, 2.75) is 19.0 Å². The monoisotopic (exact) mass is 236 g/mol. The Labute approximate surface area is 89.9 Å². The molecule has 1 aromatic carbocycles. The van der Waals surface area contributed by atoms with Gasteiger partial charge in [-0.3, -0.25) is 4.79 Å². The Morgan fingerprint density at radius 1 is 1.33 bits per heavy atom. The summed E-state index contributed by atoms with van der Waals surface area (Å²) in [5.41, 5.74) is 0.497. The average molecular weight is 237 g/mol. The summed E-state index contributed by atoms with van der Waals surface area (Å²) in [6, 6.07) is 6.24. The van der Waals surface area contributed by atoms with Gasteiger partial charge in [0.1, 0.15) is 12.2 Å². The molecule has 1 rings (SSSR count). The minimum absolute atomic E-state index is 0.236. The minimum Gasteiger partial charge on any atom is -0.299 e. The molecule has 0 aliphatic heterocycles. The molecule has 0 spiro atoms. The summed E-state index contributed by atoms with van der Waals surface area (Å²) in [6.07, 6.45) is -6.06. The van der Waals surface area contributed by atoms with Gasteiger partial charge >= 0.3 is 6.18 Å². The van der Waals surface area contributed by atoms with Gasteiger partial charge in [-0.1, -0.05) is 23.7 Å². The van der Waals surface area contributed by atoms with Crippen molar-refractivity contribution in [3.05, 3.63) is 34.9 Å². The quantitative estimate of drug-likeness (QED) is 0.786. The van der Waals surface area contributed by atoms with Crippen molar-refractivity contribution in [2.24, 2.45) is 0 Å². The lowest BCUT2D eigenvalue weighted by Crippen LogP contribution is -2.16. The third-order valence-electron chi connectivity index (χ3n) is 1.69. The topological polar surface area (TPSA) is 17.1 Å². The predicted octanol–water partition coefficient (Wildman–Crippen LogP) is 3.40. The highest BCUT2D eigenvalue weighted by atomic mass is 35.5. The molecule has 0 saturated carbocycles. The molecule has 15 heavy (non-hydrogen) atoms. The van der Waals surface area contributed by atoms with E-state index in [1.165, 1.54) is 6.07 Å². The zero-order chi connectivity index (χ0) is 11.5. The van der Waals surface area contributed by atoms with Crippen LogP contribution in [-0.2, 0) is 11.2 Å². The summed E-state index contributed by atoms with van der Waals surface area (Å²) in [6.45, 7) is 0. The molecule has 0 atom stereocenters. The van der Waals surface area contributed by atoms with E-state index in [0.717, 1.165) is 0 Å². The number of benzene rings is 1. The highest BCUT2D eigenvalue weighted by molar-refractivity contribution is 6.30. The first-order valence-electron chi connectivity index (χ1n) is 4.20. The second kappa shape index (κ2) is 4.66. The maximum atomic E-state index is 11.8. The summed E-state index contributed by atoms with van der Waals surface area (Å²) < 4.78 is 35.5. The van der Waals surface area contributed by atoms with Crippen molar-refractivity contribution < 1.29 is 18.0 Å². The van der Waals surface area contributed by atoms with Crippen molar-refractivity contribution in [3.63, 3.8) is 0 Å². The summed E-state index contributed by atoms with van der Waals surface area (Å²) in [4.78, 5) is 11.0. The lowest BCUT2D eigenvalue weighted by molar-refractivity contribution is -0.151. The van der Waals surface area contributed by atoms with E-state index in [1.54, 1.807) is 18.2 Å². The predicted molar refractivity (Wildman–Crippen MR) is 50.8 cm³/mol. The van der Waals surface area contributed by atoms with Crippen molar-refractivity contribution >= 4 is 17.4 Å². The molecule has 5 heteroatoms. The smallest absolute Gasteiger partial charge is 0.299 e. The number of alkyl halides is 3. The Bertz CT molecular complexity index is 360. The molecule has 82 valence electrons. The zero-order valence-electron chi connectivity index (χ0n) is 7.64. The van der Waals surface area contributed by atoms with Gasteiger partial charge in [0.15, 0.2) is 0 Å². The number of carbonyl (C=O) groups is 1. The standard InChI is InChI=1S/C10H8ClF3O/c11-8-3-1-2-7(4-8)5-9(15)6-10(12,13)14/h1-4H,5-6H2. The van der Waals surface area contributed by atoms with Crippen LogP contribution in [0.1, 0.15) is 12.0 Å². The van der Waals surface area contributed by atoms with Crippen LogP contribution in [0.15, 0.2) is 24.3 Å². The molecule has 0 N–H and O–H groups in total. The van der Waals surface area contributed by atoms with E-state index >= 15 is 0 Å². The van der Waals surface area contributed by atoms with Crippen molar-refractivity contribution in [3.8, 4) is 0 Å². The van der Waals surface area contributed by atoms with E-state index in [9.17, 15) is 18.0 Å². The maximum Gasteiger partial charge on any atom is 0.395 e. The lowest BCUT2D eigenvalue weighted by Gasteiger charge is -2.05. The van der Waals surface area contributed by atoms with Crippen molar-refractivity contribution in [2.75, 3.05) is 0 Å². The van der Waals surface area contributed by atoms with E-state index < -0.39 is 18.4 Å². The van der Waals surface area contributed by atoms with Crippen LogP contribution >= 0.6 is 11.6 Å². The van der Waals surface area contributed by atoms with Gasteiger partial charge in [-0.2, -0.15) is 13.2 Å². The van der Waals surface area contributed by atoms with Gasteiger partial charge in [-0.05, 0) is 17.7 Å². The third kappa shape index (κ3) is 4.83. The molecule has 0 bridgehead atoms. The molecule has 0 heterocycles. The number of rotatable bonds is 3. The highest BCUT2D eigenvalue weighted by Gasteiger charge is 2.30. The molecule has 0 aromatic heterocycles. The molecule has 0 aliphatic rings. The van der Waals surface area contributed by atoms with Gasteiger partial charge < -0.3 is 0 Å². The Kier molecular flexibility index (Phi) is 3.74. The van der Waals surface area contributed by atoms with Crippen LogP contribution in [-0.4, -0.2) is 12.0 Å². The van der Waals surface area contributed by atoms with Gasteiger partial charge in [0.2, 0.25) is 0 Å². The summed E-state index contributed by atoms with van der Waals surface area (Å²) in [7, 11) is 0. The fourth-order valence-electron chi connectivity index (χ4n) is 1.16. The molecule has 0 unspecified atom stereocenters. The van der Waals surface area contributed by atoms with E-state index in [2.05, 4.69) is 0 Å². The van der Waals surface area contributed by atoms with Crippen molar-refractivity contribution in [1.29, 1.82) is 0 Å². The van der Waals surface area contributed by atoms with Gasteiger partial charge in [0.25, 0.3) is 0 Å². The number of hydrogen-bond donors (Lipinski definition) is 0. The van der Waals surface area contributed by atoms with E-state index in [4.69, 9.17) is 11.6 Å². The van der Waals surface area contributed by atoms with Crippen LogP contribution in [0.5, 0.6) is 0 Å². The number of carbonyl (C=O) groups excluding carboxylic acids is 1. The van der Waals surface area contributed by atoms with Crippen LogP contribution in [0.25, 0.3) is 0 Å². The molecule has 0 amide bonds. The van der Waals surface area contributed by atoms with Crippen LogP contribution in [0.4, 0.5) is 13.2 Å². The number of Topliss-reactive ketones (excluding diaryl/α,β-unsaturated/α-hetero) is 1. The molecule has 0 saturated heterocycles. The van der Waals surface area contributed by atoms with Crippen LogP contribution in [0.3, 0.4) is 0 Å². The fourth-order valence-corrected chi connectivity index (χ4v) is 1.37. The van der Waals surface area contributed by atoms with Crippen LogP contribution in [0.2, 0.25) is 5.02 Å².